The van der Waals surface area contributed by atoms with E-state index in [1.54, 1.807) is 0 Å². The van der Waals surface area contributed by atoms with Gasteiger partial charge in [-0.1, -0.05) is 0 Å². The van der Waals surface area contributed by atoms with Crippen LogP contribution in [0, 0.1) is 0 Å². The van der Waals surface area contributed by atoms with Crippen molar-refractivity contribution in [2.24, 2.45) is 0 Å². The molecule has 90 valence electrons. The third-order valence-corrected chi connectivity index (χ3v) is 2.51. The Morgan fingerprint density at radius 3 is 1.67 bits per heavy atom. The van der Waals surface area contributed by atoms with Crippen molar-refractivity contribution in [3.63, 3.8) is 0 Å². The fourth-order valence-electron chi connectivity index (χ4n) is 0.664. The van der Waals surface area contributed by atoms with Crippen molar-refractivity contribution in [3.05, 3.63) is 0 Å². The van der Waals surface area contributed by atoms with Crippen LogP contribution >= 0.6 is 0 Å². The van der Waals surface area contributed by atoms with Crippen molar-refractivity contribution in [1.82, 2.24) is 0 Å². The second kappa shape index (κ2) is 5.76. The Kier molecular flexibility index (Phi) is 5.68. The molecule has 0 heterocycles. The number of hydrogen-bond donors (Lipinski definition) is 0. The van der Waals surface area contributed by atoms with Crippen molar-refractivity contribution >= 4 is 9.52 Å². The molecule has 0 aromatic rings. The predicted octanol–water partition coefficient (Wildman–Crippen LogP) is 2.20. The number of alkyl halides is 5. The van der Waals surface area contributed by atoms with E-state index in [0.29, 0.717) is 0 Å². The van der Waals surface area contributed by atoms with E-state index in [1.807, 2.05) is 0 Å². The van der Waals surface area contributed by atoms with Crippen LogP contribution in [0.25, 0.3) is 0 Å². The lowest BCUT2D eigenvalue weighted by molar-refractivity contribution is -0.248. The maximum absolute atomic E-state index is 12.6. The molecule has 0 saturated heterocycles. The monoisotopic (exact) mass is 250 g/mol. The fourth-order valence-corrected chi connectivity index (χ4v) is 1.62. The Balaban J connectivity index is 4.37. The van der Waals surface area contributed by atoms with E-state index in [0.717, 1.165) is 0 Å². The van der Waals surface area contributed by atoms with Crippen LogP contribution in [0.2, 0.25) is 0 Å². The Bertz CT molecular complexity index is 179. The van der Waals surface area contributed by atoms with Crippen LogP contribution in [0.5, 0.6) is 0 Å². The van der Waals surface area contributed by atoms with Crippen molar-refractivity contribution in [2.45, 2.75) is 31.5 Å². The van der Waals surface area contributed by atoms with Crippen LogP contribution in [-0.2, 0) is 9.47 Å². The van der Waals surface area contributed by atoms with E-state index >= 15 is 0 Å². The lowest BCUT2D eigenvalue weighted by Gasteiger charge is -2.23. The summed E-state index contributed by atoms with van der Waals surface area (Å²) < 4.78 is 69.8. The second-order valence-corrected chi connectivity index (χ2v) is 3.85. The molecule has 0 aliphatic heterocycles. The normalized spacial score (nSPS) is 13.6. The molecule has 0 atom stereocenters. The van der Waals surface area contributed by atoms with Gasteiger partial charge >= 0.3 is 11.7 Å². The largest absolute Gasteiger partial charge is 0.448 e. The van der Waals surface area contributed by atoms with Gasteiger partial charge < -0.3 is 9.47 Å². The zero-order valence-corrected chi connectivity index (χ0v) is 9.20. The van der Waals surface area contributed by atoms with E-state index in [9.17, 15) is 22.0 Å². The van der Waals surface area contributed by atoms with Crippen LogP contribution in [-0.4, -0.2) is 40.4 Å². The van der Waals surface area contributed by atoms with Gasteiger partial charge in [-0.25, -0.2) is 8.78 Å². The highest BCUT2D eigenvalue weighted by Gasteiger charge is 2.58. The zero-order chi connectivity index (χ0) is 12.1. The molecule has 8 heteroatoms. The lowest BCUT2D eigenvalue weighted by Crippen LogP contribution is -2.48. The molecule has 0 spiro atoms. The molecular weight excluding hydrogens is 239 g/mol. The second-order valence-electron chi connectivity index (χ2n) is 2.46. The highest BCUT2D eigenvalue weighted by molar-refractivity contribution is 6.40. The highest BCUT2D eigenvalue weighted by atomic mass is 28.2. The van der Waals surface area contributed by atoms with Gasteiger partial charge in [-0.3, -0.25) is 0 Å². The van der Waals surface area contributed by atoms with Crippen molar-refractivity contribution in [3.8, 4) is 0 Å². The molecule has 15 heavy (non-hydrogen) atoms. The lowest BCUT2D eigenvalue weighted by atomic mass is 10.7. The molecule has 0 aliphatic rings. The maximum atomic E-state index is 12.6. The summed E-state index contributed by atoms with van der Waals surface area (Å²) in [4.78, 5) is 0. The molecule has 0 saturated carbocycles. The van der Waals surface area contributed by atoms with E-state index in [-0.39, 0.29) is 13.2 Å². The highest BCUT2D eigenvalue weighted by Crippen LogP contribution is 2.35. The average molecular weight is 250 g/mol. The van der Waals surface area contributed by atoms with Crippen LogP contribution in [0.4, 0.5) is 22.0 Å². The van der Waals surface area contributed by atoms with E-state index in [2.05, 4.69) is 9.47 Å². The zero-order valence-electron chi connectivity index (χ0n) is 8.20. The molecule has 2 radical (unpaired) electrons. The van der Waals surface area contributed by atoms with Gasteiger partial charge in [0, 0.05) is 13.2 Å². The summed E-state index contributed by atoms with van der Waals surface area (Å²) in [5.74, 6) is -1.50. The number of ether oxygens (including phenoxy) is 2. The molecule has 0 aromatic carbocycles. The summed E-state index contributed by atoms with van der Waals surface area (Å²) in [6, 6.07) is 0. The summed E-state index contributed by atoms with van der Waals surface area (Å²) in [5, 5.41) is 0. The van der Waals surface area contributed by atoms with Crippen molar-refractivity contribution in [1.29, 1.82) is 0 Å². The molecule has 0 bridgehead atoms. The molecule has 0 aromatic heterocycles. The third kappa shape index (κ3) is 4.89. The minimum Gasteiger partial charge on any atom is -0.357 e. The van der Waals surface area contributed by atoms with Gasteiger partial charge in [0.05, 0.1) is 0 Å². The first kappa shape index (κ1) is 14.8. The molecule has 0 unspecified atom stereocenters. The summed E-state index contributed by atoms with van der Waals surface area (Å²) in [6.45, 7) is 3.02. The van der Waals surface area contributed by atoms with Crippen LogP contribution < -0.4 is 0 Å². The molecular formula is C7H11F5O2Si. The SMILES string of the molecule is CCOC(OCC)[Si]C(F)(F)C(F)(F)F. The predicted molar refractivity (Wildman–Crippen MR) is 43.8 cm³/mol. The Morgan fingerprint density at radius 1 is 1.00 bits per heavy atom. The molecule has 2 nitrogen and oxygen atoms in total. The standard InChI is InChI=1S/C7H11F5O2Si/c1-3-13-5(14-4-2)15-7(11,12)6(8,9)10/h5H,3-4H2,1-2H3. The Morgan fingerprint density at radius 2 is 1.40 bits per heavy atom. The quantitative estimate of drug-likeness (QED) is 0.409. The summed E-state index contributed by atoms with van der Waals surface area (Å²) in [5.41, 5.74) is -4.76. The van der Waals surface area contributed by atoms with E-state index in [1.165, 1.54) is 13.8 Å². The number of hydrogen-bond acceptors (Lipinski definition) is 2. The summed E-state index contributed by atoms with van der Waals surface area (Å²) in [7, 11) is -1.79. The summed E-state index contributed by atoms with van der Waals surface area (Å²) >= 11 is 0. The molecule has 0 fully saturated rings. The minimum atomic E-state index is -5.56. The molecule has 0 rings (SSSR count). The number of rotatable bonds is 6. The van der Waals surface area contributed by atoms with Crippen LogP contribution in [0.1, 0.15) is 13.8 Å². The van der Waals surface area contributed by atoms with Gasteiger partial charge in [0.2, 0.25) is 9.52 Å². The van der Waals surface area contributed by atoms with Gasteiger partial charge in [-0.15, -0.1) is 0 Å². The van der Waals surface area contributed by atoms with E-state index in [4.69, 9.17) is 0 Å². The van der Waals surface area contributed by atoms with Gasteiger partial charge in [0.25, 0.3) is 0 Å². The molecule has 0 amide bonds. The Labute approximate surface area is 86.6 Å². The van der Waals surface area contributed by atoms with Crippen LogP contribution in [0.3, 0.4) is 0 Å². The van der Waals surface area contributed by atoms with E-state index < -0.39 is 27.2 Å². The van der Waals surface area contributed by atoms with Gasteiger partial charge in [-0.2, -0.15) is 13.2 Å². The maximum Gasteiger partial charge on any atom is 0.448 e. The topological polar surface area (TPSA) is 18.5 Å². The molecule has 0 N–H and O–H groups in total. The first-order chi connectivity index (χ1) is 6.74. The van der Waals surface area contributed by atoms with Crippen molar-refractivity contribution < 1.29 is 31.4 Å². The number of halogens is 5. The van der Waals surface area contributed by atoms with Crippen LogP contribution in [0.15, 0.2) is 0 Å². The van der Waals surface area contributed by atoms with Crippen molar-refractivity contribution in [2.75, 3.05) is 13.2 Å². The molecule has 0 aliphatic carbocycles. The fraction of sp³-hybridized carbons (Fsp3) is 1.00. The first-order valence-electron chi connectivity index (χ1n) is 4.20. The Hall–Kier alpha value is -0.213. The first-order valence-corrected chi connectivity index (χ1v) is 5.27. The van der Waals surface area contributed by atoms with Gasteiger partial charge in [0.15, 0.2) is 0 Å². The summed E-state index contributed by atoms with van der Waals surface area (Å²) in [6.07, 6.45) is -5.56. The third-order valence-electron chi connectivity index (χ3n) is 1.29. The smallest absolute Gasteiger partial charge is 0.357 e. The van der Waals surface area contributed by atoms with Gasteiger partial charge in [-0.05, 0) is 13.8 Å². The average Bonchev–Trinajstić information content (AvgIpc) is 2.02. The minimum absolute atomic E-state index is 0.0194. The van der Waals surface area contributed by atoms with Gasteiger partial charge in [0.1, 0.15) is 5.91 Å².